The Morgan fingerprint density at radius 2 is 1.93 bits per heavy atom. The summed E-state index contributed by atoms with van der Waals surface area (Å²) in [6, 6.07) is 7.72. The third-order valence-corrected chi connectivity index (χ3v) is 6.01. The number of rotatable bonds is 3. The first kappa shape index (κ1) is 18.9. The zero-order valence-electron chi connectivity index (χ0n) is 16.7. The molecule has 148 valence electrons. The van der Waals surface area contributed by atoms with Crippen LogP contribution < -0.4 is 0 Å². The van der Waals surface area contributed by atoms with Crippen LogP contribution in [0.5, 0.6) is 0 Å². The summed E-state index contributed by atoms with van der Waals surface area (Å²) in [4.78, 5) is 32.5. The lowest BCUT2D eigenvalue weighted by Crippen LogP contribution is -2.42. The molecule has 2 heterocycles. The largest absolute Gasteiger partial charge is 0.449 e. The van der Waals surface area contributed by atoms with Crippen LogP contribution in [0.3, 0.4) is 0 Å². The normalized spacial score (nSPS) is 20.5. The summed E-state index contributed by atoms with van der Waals surface area (Å²) in [6.07, 6.45) is 5.21. The number of piperidine rings is 1. The van der Waals surface area contributed by atoms with Gasteiger partial charge in [-0.3, -0.25) is 9.78 Å². The van der Waals surface area contributed by atoms with Crippen molar-refractivity contribution >= 4 is 22.8 Å². The maximum atomic E-state index is 13.2. The number of para-hydroxylation sites is 1. The van der Waals surface area contributed by atoms with Gasteiger partial charge in [0, 0.05) is 24.2 Å². The molecular weight excluding hydrogens is 352 g/mol. The number of hydrogen-bond donors (Lipinski definition) is 0. The van der Waals surface area contributed by atoms with Gasteiger partial charge in [0.1, 0.15) is 0 Å². The average Bonchev–Trinajstić information content (AvgIpc) is 2.72. The van der Waals surface area contributed by atoms with Crippen LogP contribution in [0.25, 0.3) is 10.9 Å². The molecule has 0 bridgehead atoms. The van der Waals surface area contributed by atoms with Gasteiger partial charge in [-0.2, -0.15) is 0 Å². The molecular formula is C23H28N2O3. The zero-order valence-corrected chi connectivity index (χ0v) is 16.7. The molecule has 2 aliphatic rings. The summed E-state index contributed by atoms with van der Waals surface area (Å²) in [7, 11) is 0. The van der Waals surface area contributed by atoms with Crippen molar-refractivity contribution in [1.82, 2.24) is 9.88 Å². The molecule has 1 aromatic carbocycles. The highest BCUT2D eigenvalue weighted by Crippen LogP contribution is 2.32. The minimum absolute atomic E-state index is 0.0892. The second-order valence-electron chi connectivity index (χ2n) is 8.21. The number of carbonyl (C=O) groups excluding carboxylic acids is 2. The average molecular weight is 380 g/mol. The number of carbonyl (C=O) groups is 2. The summed E-state index contributed by atoms with van der Waals surface area (Å²) in [5, 5.41) is 0.818. The quantitative estimate of drug-likeness (QED) is 0.758. The van der Waals surface area contributed by atoms with Crippen LogP contribution in [0.1, 0.15) is 61.1 Å². The first-order valence-corrected chi connectivity index (χ1v) is 10.4. The van der Waals surface area contributed by atoms with Crippen molar-refractivity contribution in [2.45, 2.75) is 58.5 Å². The molecule has 1 aromatic heterocycles. The van der Waals surface area contributed by atoms with Crippen LogP contribution in [-0.2, 0) is 22.4 Å². The molecule has 1 fully saturated rings. The summed E-state index contributed by atoms with van der Waals surface area (Å²) in [5.41, 5.74) is 3.42. The molecule has 5 heteroatoms. The van der Waals surface area contributed by atoms with Crippen molar-refractivity contribution in [3.8, 4) is 0 Å². The number of pyridine rings is 1. The van der Waals surface area contributed by atoms with Gasteiger partial charge in [0.25, 0.3) is 5.91 Å². The summed E-state index contributed by atoms with van der Waals surface area (Å²) in [6.45, 7) is 5.40. The summed E-state index contributed by atoms with van der Waals surface area (Å²) in [5.74, 6) is 0.0184. The van der Waals surface area contributed by atoms with Crippen molar-refractivity contribution in [2.75, 3.05) is 13.1 Å². The zero-order chi connectivity index (χ0) is 19.7. The van der Waals surface area contributed by atoms with Gasteiger partial charge in [-0.15, -0.1) is 0 Å². The molecule has 0 saturated carbocycles. The Labute approximate surface area is 166 Å². The lowest BCUT2D eigenvalue weighted by molar-refractivity contribution is -0.140. The van der Waals surface area contributed by atoms with E-state index in [1.54, 1.807) is 6.92 Å². The molecule has 1 aliphatic carbocycles. The lowest BCUT2D eigenvalue weighted by atomic mass is 9.84. The maximum Gasteiger partial charge on any atom is 0.339 e. The minimum atomic E-state index is -0.769. The molecule has 0 spiro atoms. The van der Waals surface area contributed by atoms with E-state index in [1.807, 2.05) is 29.2 Å². The molecule has 1 saturated heterocycles. The number of ether oxygens (including phenoxy) is 1. The lowest BCUT2D eigenvalue weighted by Gasteiger charge is -2.29. The number of aromatic nitrogens is 1. The molecule has 0 N–H and O–H groups in total. The van der Waals surface area contributed by atoms with Crippen molar-refractivity contribution in [3.63, 3.8) is 0 Å². The Balaban J connectivity index is 1.64. The minimum Gasteiger partial charge on any atom is -0.449 e. The molecule has 1 aliphatic heterocycles. The number of benzene rings is 1. The highest BCUT2D eigenvalue weighted by atomic mass is 16.5. The van der Waals surface area contributed by atoms with E-state index in [2.05, 4.69) is 6.92 Å². The van der Waals surface area contributed by atoms with E-state index >= 15 is 0 Å². The SMILES string of the molecule is C[C@H]1CCc2nc3ccccc3c(C(=O)O[C@@H](C)C(=O)N3CCCCC3)c2C1. The Morgan fingerprint density at radius 1 is 1.18 bits per heavy atom. The number of aryl methyl sites for hydroxylation is 1. The number of likely N-dealkylation sites (tertiary alicyclic amines) is 1. The predicted octanol–water partition coefficient (Wildman–Crippen LogP) is 3.92. The second kappa shape index (κ2) is 7.90. The second-order valence-corrected chi connectivity index (χ2v) is 8.21. The fourth-order valence-electron chi connectivity index (χ4n) is 4.44. The van der Waals surface area contributed by atoms with E-state index in [4.69, 9.17) is 9.72 Å². The van der Waals surface area contributed by atoms with Gasteiger partial charge in [0.2, 0.25) is 0 Å². The van der Waals surface area contributed by atoms with Gasteiger partial charge in [-0.05, 0) is 63.0 Å². The highest BCUT2D eigenvalue weighted by molar-refractivity contribution is 6.05. The fraction of sp³-hybridized carbons (Fsp3) is 0.522. The molecule has 0 radical (unpaired) electrons. The van der Waals surface area contributed by atoms with Crippen molar-refractivity contribution in [1.29, 1.82) is 0 Å². The van der Waals surface area contributed by atoms with Gasteiger partial charge in [0.05, 0.1) is 11.1 Å². The number of esters is 1. The number of fused-ring (bicyclic) bond motifs is 2. The number of nitrogens with zero attached hydrogens (tertiary/aromatic N) is 2. The Kier molecular flexibility index (Phi) is 5.33. The highest BCUT2D eigenvalue weighted by Gasteiger charge is 2.30. The maximum absolute atomic E-state index is 13.2. The van der Waals surface area contributed by atoms with Gasteiger partial charge < -0.3 is 9.64 Å². The van der Waals surface area contributed by atoms with Crippen LogP contribution in [0.2, 0.25) is 0 Å². The van der Waals surface area contributed by atoms with Gasteiger partial charge in [0.15, 0.2) is 6.10 Å². The summed E-state index contributed by atoms with van der Waals surface area (Å²) >= 11 is 0. The van der Waals surface area contributed by atoms with Crippen LogP contribution in [0, 0.1) is 5.92 Å². The Morgan fingerprint density at radius 3 is 2.71 bits per heavy atom. The molecule has 2 aromatic rings. The van der Waals surface area contributed by atoms with Gasteiger partial charge in [-0.25, -0.2) is 4.79 Å². The topological polar surface area (TPSA) is 59.5 Å². The Hall–Kier alpha value is -2.43. The third-order valence-electron chi connectivity index (χ3n) is 6.01. The Bertz CT molecular complexity index is 902. The van der Waals surface area contributed by atoms with Crippen LogP contribution in [-0.4, -0.2) is 41.0 Å². The van der Waals surface area contributed by atoms with E-state index in [0.717, 1.165) is 73.8 Å². The standard InChI is InChI=1S/C23H28N2O3/c1-15-10-11-20-18(14-15)21(17-8-4-5-9-19(17)24-20)23(27)28-16(2)22(26)25-12-6-3-7-13-25/h4-5,8-9,15-16H,3,6-7,10-14H2,1-2H3/t15-,16-/m0/s1. The monoisotopic (exact) mass is 380 g/mol. The first-order valence-electron chi connectivity index (χ1n) is 10.4. The molecule has 1 amide bonds. The molecule has 28 heavy (non-hydrogen) atoms. The van der Waals surface area contributed by atoms with E-state index < -0.39 is 12.1 Å². The first-order chi connectivity index (χ1) is 13.5. The molecule has 0 unspecified atom stereocenters. The molecule has 2 atom stereocenters. The van der Waals surface area contributed by atoms with Crippen LogP contribution >= 0.6 is 0 Å². The molecule has 5 nitrogen and oxygen atoms in total. The van der Waals surface area contributed by atoms with Crippen molar-refractivity contribution in [3.05, 3.63) is 41.1 Å². The van der Waals surface area contributed by atoms with Crippen molar-refractivity contribution in [2.24, 2.45) is 5.92 Å². The van der Waals surface area contributed by atoms with E-state index in [9.17, 15) is 9.59 Å². The van der Waals surface area contributed by atoms with E-state index in [0.29, 0.717) is 11.5 Å². The van der Waals surface area contributed by atoms with Gasteiger partial charge >= 0.3 is 5.97 Å². The van der Waals surface area contributed by atoms with E-state index in [-0.39, 0.29) is 5.91 Å². The van der Waals surface area contributed by atoms with Crippen LogP contribution in [0.15, 0.2) is 24.3 Å². The fourth-order valence-corrected chi connectivity index (χ4v) is 4.44. The third kappa shape index (κ3) is 3.62. The molecule has 4 rings (SSSR count). The number of amides is 1. The number of hydrogen-bond acceptors (Lipinski definition) is 4. The predicted molar refractivity (Wildman–Crippen MR) is 108 cm³/mol. The smallest absolute Gasteiger partial charge is 0.339 e. The summed E-state index contributed by atoms with van der Waals surface area (Å²) < 4.78 is 5.70. The van der Waals surface area contributed by atoms with E-state index in [1.165, 1.54) is 0 Å². The van der Waals surface area contributed by atoms with Crippen LogP contribution in [0.4, 0.5) is 0 Å². The van der Waals surface area contributed by atoms with Gasteiger partial charge in [-0.1, -0.05) is 25.1 Å². The van der Waals surface area contributed by atoms with Crippen molar-refractivity contribution < 1.29 is 14.3 Å².